The highest BCUT2D eigenvalue weighted by molar-refractivity contribution is 7.92. The molecule has 1 aromatic carbocycles. The van der Waals surface area contributed by atoms with E-state index in [9.17, 15) is 8.42 Å². The van der Waals surface area contributed by atoms with E-state index in [2.05, 4.69) is 9.71 Å². The van der Waals surface area contributed by atoms with E-state index in [-0.39, 0.29) is 18.4 Å². The predicted octanol–water partition coefficient (Wildman–Crippen LogP) is 2.36. The molecule has 1 aliphatic carbocycles. The Morgan fingerprint density at radius 1 is 1.23 bits per heavy atom. The van der Waals surface area contributed by atoms with Crippen molar-refractivity contribution < 1.29 is 8.42 Å². The fourth-order valence-electron chi connectivity index (χ4n) is 2.38. The Labute approximate surface area is 136 Å². The summed E-state index contributed by atoms with van der Waals surface area (Å²) in [4.78, 5) is 4.44. The lowest BCUT2D eigenvalue weighted by molar-refractivity contribution is 0.607. The van der Waals surface area contributed by atoms with Crippen LogP contribution >= 0.6 is 12.4 Å². The first kappa shape index (κ1) is 16.7. The van der Waals surface area contributed by atoms with Crippen LogP contribution in [0, 0.1) is 0 Å². The van der Waals surface area contributed by atoms with Gasteiger partial charge in [-0.2, -0.15) is 0 Å². The van der Waals surface area contributed by atoms with Crippen LogP contribution in [0.3, 0.4) is 0 Å². The molecule has 0 amide bonds. The van der Waals surface area contributed by atoms with Gasteiger partial charge in [-0.1, -0.05) is 24.3 Å². The number of nitrogens with one attached hydrogen (secondary N) is 1. The second-order valence-electron chi connectivity index (χ2n) is 5.40. The van der Waals surface area contributed by atoms with Crippen molar-refractivity contribution in [3.05, 3.63) is 48.2 Å². The van der Waals surface area contributed by atoms with Gasteiger partial charge in [0.25, 0.3) is 0 Å². The zero-order chi connectivity index (χ0) is 15.0. The number of nitrogens with zero attached hydrogens (tertiary/aromatic N) is 1. The number of hydrogen-bond acceptors (Lipinski definition) is 4. The van der Waals surface area contributed by atoms with Crippen LogP contribution in [0.5, 0.6) is 0 Å². The summed E-state index contributed by atoms with van der Waals surface area (Å²) in [6.45, 7) is 0. The number of nitrogens with two attached hydrogens (primary N) is 1. The van der Waals surface area contributed by atoms with E-state index < -0.39 is 10.0 Å². The van der Waals surface area contributed by atoms with E-state index in [0.29, 0.717) is 11.6 Å². The third kappa shape index (κ3) is 3.76. The lowest BCUT2D eigenvalue weighted by Crippen LogP contribution is -2.10. The molecule has 0 aliphatic heterocycles. The number of halogens is 1. The summed E-state index contributed by atoms with van der Waals surface area (Å²) in [5.74, 6) is 0.413. The number of aromatic nitrogens is 1. The minimum Gasteiger partial charge on any atom is -0.327 e. The van der Waals surface area contributed by atoms with Crippen LogP contribution < -0.4 is 10.5 Å². The van der Waals surface area contributed by atoms with Crippen LogP contribution in [-0.2, 0) is 10.0 Å². The third-order valence-corrected chi connectivity index (χ3v) is 4.14. The normalized spacial score (nSPS) is 20.1. The first-order valence-electron chi connectivity index (χ1n) is 6.73. The van der Waals surface area contributed by atoms with E-state index in [1.54, 1.807) is 12.1 Å². The number of benzene rings is 1. The maximum atomic E-state index is 11.4. The number of para-hydroxylation sites is 1. The second-order valence-corrected chi connectivity index (χ2v) is 7.15. The Kier molecular flexibility index (Phi) is 4.75. The summed E-state index contributed by atoms with van der Waals surface area (Å²) in [7, 11) is -3.32. The van der Waals surface area contributed by atoms with Crippen LogP contribution in [0.1, 0.15) is 17.9 Å². The Morgan fingerprint density at radius 3 is 2.45 bits per heavy atom. The van der Waals surface area contributed by atoms with Crippen LogP contribution in [-0.4, -0.2) is 25.7 Å². The van der Waals surface area contributed by atoms with Gasteiger partial charge in [-0.3, -0.25) is 9.71 Å². The molecule has 2 aromatic rings. The smallest absolute Gasteiger partial charge is 0.229 e. The lowest BCUT2D eigenvalue weighted by Gasteiger charge is -2.10. The third-order valence-electron chi connectivity index (χ3n) is 3.55. The van der Waals surface area contributed by atoms with Gasteiger partial charge >= 0.3 is 0 Å². The van der Waals surface area contributed by atoms with Gasteiger partial charge in [0.05, 0.1) is 17.6 Å². The van der Waals surface area contributed by atoms with Crippen molar-refractivity contribution in [3.63, 3.8) is 0 Å². The molecular formula is C15H18ClN3O2S. The fourth-order valence-corrected chi connectivity index (χ4v) is 2.95. The SMILES string of the molecule is CS(=O)(=O)Nc1ccccc1-c1ccc(C2CC2N)cn1.Cl. The molecule has 1 heterocycles. The molecule has 0 bridgehead atoms. The number of rotatable bonds is 4. The zero-order valence-corrected chi connectivity index (χ0v) is 13.7. The quantitative estimate of drug-likeness (QED) is 0.895. The largest absolute Gasteiger partial charge is 0.327 e. The average molecular weight is 340 g/mol. The number of anilines is 1. The molecular weight excluding hydrogens is 322 g/mol. The highest BCUT2D eigenvalue weighted by atomic mass is 35.5. The van der Waals surface area contributed by atoms with Gasteiger partial charge in [-0.25, -0.2) is 8.42 Å². The number of pyridine rings is 1. The molecule has 118 valence electrons. The molecule has 2 atom stereocenters. The summed E-state index contributed by atoms with van der Waals surface area (Å²) < 4.78 is 25.4. The van der Waals surface area contributed by atoms with E-state index in [0.717, 1.165) is 29.5 Å². The van der Waals surface area contributed by atoms with Crippen molar-refractivity contribution in [2.75, 3.05) is 11.0 Å². The lowest BCUT2D eigenvalue weighted by atomic mass is 10.1. The monoisotopic (exact) mass is 339 g/mol. The predicted molar refractivity (Wildman–Crippen MR) is 90.7 cm³/mol. The van der Waals surface area contributed by atoms with Crippen molar-refractivity contribution in [2.24, 2.45) is 5.73 Å². The maximum absolute atomic E-state index is 11.4. The second kappa shape index (κ2) is 6.24. The number of hydrogen-bond donors (Lipinski definition) is 2. The first-order chi connectivity index (χ1) is 9.94. The van der Waals surface area contributed by atoms with Crippen molar-refractivity contribution in [1.82, 2.24) is 4.98 Å². The molecule has 2 unspecified atom stereocenters. The summed E-state index contributed by atoms with van der Waals surface area (Å²) in [6, 6.07) is 11.4. The fraction of sp³-hybridized carbons (Fsp3) is 0.267. The summed E-state index contributed by atoms with van der Waals surface area (Å²) >= 11 is 0. The molecule has 1 saturated carbocycles. The molecule has 1 fully saturated rings. The topological polar surface area (TPSA) is 85.1 Å². The van der Waals surface area contributed by atoms with Gasteiger partial charge in [-0.15, -0.1) is 12.4 Å². The standard InChI is InChI=1S/C15H17N3O2S.ClH/c1-21(19,20)18-15-5-3-2-4-11(15)14-7-6-10(9-17-14)12-8-13(12)16;/h2-7,9,12-13,18H,8,16H2,1H3;1H. The molecule has 0 radical (unpaired) electrons. The minimum absolute atomic E-state index is 0. The summed E-state index contributed by atoms with van der Waals surface area (Å²) in [5, 5.41) is 0. The van der Waals surface area contributed by atoms with Gasteiger partial charge in [0, 0.05) is 23.7 Å². The molecule has 7 heteroatoms. The maximum Gasteiger partial charge on any atom is 0.229 e. The van der Waals surface area contributed by atoms with Crippen molar-refractivity contribution >= 4 is 28.1 Å². The van der Waals surface area contributed by atoms with Crippen molar-refractivity contribution in [2.45, 2.75) is 18.4 Å². The summed E-state index contributed by atoms with van der Waals surface area (Å²) in [5.41, 5.74) is 9.00. The Bertz CT molecular complexity index is 763. The summed E-state index contributed by atoms with van der Waals surface area (Å²) in [6.07, 6.45) is 3.96. The average Bonchev–Trinajstić information content (AvgIpc) is 3.15. The van der Waals surface area contributed by atoms with E-state index >= 15 is 0 Å². The van der Waals surface area contributed by atoms with Crippen LogP contribution in [0.25, 0.3) is 11.3 Å². The van der Waals surface area contributed by atoms with Gasteiger partial charge in [0.15, 0.2) is 0 Å². The highest BCUT2D eigenvalue weighted by Crippen LogP contribution is 2.39. The molecule has 0 spiro atoms. The molecule has 3 rings (SSSR count). The molecule has 0 saturated heterocycles. The first-order valence-corrected chi connectivity index (χ1v) is 8.62. The van der Waals surface area contributed by atoms with Gasteiger partial charge in [-0.05, 0) is 24.1 Å². The van der Waals surface area contributed by atoms with Crippen LogP contribution in [0.4, 0.5) is 5.69 Å². The van der Waals surface area contributed by atoms with E-state index in [1.807, 2.05) is 30.5 Å². The van der Waals surface area contributed by atoms with Crippen LogP contribution in [0.15, 0.2) is 42.6 Å². The Hall–Kier alpha value is -1.63. The van der Waals surface area contributed by atoms with Crippen molar-refractivity contribution in [1.29, 1.82) is 0 Å². The van der Waals surface area contributed by atoms with E-state index in [1.165, 1.54) is 0 Å². The molecule has 22 heavy (non-hydrogen) atoms. The van der Waals surface area contributed by atoms with Crippen LogP contribution in [0.2, 0.25) is 0 Å². The Balaban J connectivity index is 0.00000176. The van der Waals surface area contributed by atoms with Crippen molar-refractivity contribution in [3.8, 4) is 11.3 Å². The van der Waals surface area contributed by atoms with E-state index in [4.69, 9.17) is 5.73 Å². The van der Waals surface area contributed by atoms with Gasteiger partial charge < -0.3 is 5.73 Å². The Morgan fingerprint density at radius 2 is 1.91 bits per heavy atom. The highest BCUT2D eigenvalue weighted by Gasteiger charge is 2.34. The van der Waals surface area contributed by atoms with Gasteiger partial charge in [0.2, 0.25) is 10.0 Å². The zero-order valence-electron chi connectivity index (χ0n) is 12.1. The minimum atomic E-state index is -3.32. The van der Waals surface area contributed by atoms with Gasteiger partial charge in [0.1, 0.15) is 0 Å². The molecule has 1 aliphatic rings. The molecule has 5 nitrogen and oxygen atoms in total. The molecule has 1 aromatic heterocycles. The molecule has 3 N–H and O–H groups in total. The number of sulfonamides is 1.